The lowest BCUT2D eigenvalue weighted by molar-refractivity contribution is 0.0950. The summed E-state index contributed by atoms with van der Waals surface area (Å²) >= 11 is 0. The molecule has 4 rings (SSSR count). The molecule has 0 aliphatic carbocycles. The molecule has 190 valence electrons. The van der Waals surface area contributed by atoms with E-state index in [9.17, 15) is 13.2 Å². The maximum atomic E-state index is 12.6. The van der Waals surface area contributed by atoms with E-state index in [0.717, 1.165) is 25.3 Å². The summed E-state index contributed by atoms with van der Waals surface area (Å²) in [5, 5.41) is 8.05. The van der Waals surface area contributed by atoms with Crippen LogP contribution < -0.4 is 20.3 Å². The van der Waals surface area contributed by atoms with Crippen LogP contribution in [0.25, 0.3) is 0 Å². The molecule has 0 radical (unpaired) electrons. The van der Waals surface area contributed by atoms with E-state index in [0.29, 0.717) is 12.1 Å². The molecule has 0 atom stereocenters. The van der Waals surface area contributed by atoms with Crippen LogP contribution in [0.1, 0.15) is 43.7 Å². The lowest BCUT2D eigenvalue weighted by atomic mass is 10.0. The largest absolute Gasteiger partial charge is 0.352 e. The highest BCUT2D eigenvalue weighted by molar-refractivity contribution is 7.89. The molecular weight excluding hydrogens is 472 g/mol. The molecule has 0 aromatic heterocycles. The summed E-state index contributed by atoms with van der Waals surface area (Å²) in [6.07, 6.45) is 0. The second-order valence-electron chi connectivity index (χ2n) is 9.75. The van der Waals surface area contributed by atoms with Crippen LogP contribution in [0, 0.1) is 34.6 Å². The number of primary sulfonamides is 1. The topological polar surface area (TPSA) is 95.7 Å². The standard InChI is InChI=1S/C28H34N4O3S/c1-18-12-19(2)26(20(3)13-18)31-10-11-32(17-31)27-21(4)14-23(15-22(27)5)16-30-28(33)24-6-8-25(9-7-24)36(29,34)35/h6-9,12-15H,10-11,16-17H2,1-5H3,(H,30,33)(H2,29,34,35). The molecular formula is C28H34N4O3S. The average Bonchev–Trinajstić information content (AvgIpc) is 3.24. The SMILES string of the molecule is Cc1cc(C)c(N2CCN(c3c(C)cc(CNC(=O)c4ccc(S(N)(=O)=O)cc4)cc3C)C2)c(C)c1. The number of benzene rings is 3. The smallest absolute Gasteiger partial charge is 0.251 e. The van der Waals surface area contributed by atoms with E-state index in [2.05, 4.69) is 74.0 Å². The highest BCUT2D eigenvalue weighted by Crippen LogP contribution is 2.33. The van der Waals surface area contributed by atoms with Crippen molar-refractivity contribution >= 4 is 27.3 Å². The molecule has 3 aromatic rings. The summed E-state index contributed by atoms with van der Waals surface area (Å²) < 4.78 is 22.8. The molecule has 0 saturated carbocycles. The fourth-order valence-electron chi connectivity index (χ4n) is 5.35. The predicted octanol–water partition coefficient (Wildman–Crippen LogP) is 4.09. The molecule has 0 spiro atoms. The average molecular weight is 507 g/mol. The van der Waals surface area contributed by atoms with Gasteiger partial charge < -0.3 is 15.1 Å². The molecule has 0 unspecified atom stereocenters. The normalized spacial score (nSPS) is 13.8. The van der Waals surface area contributed by atoms with Crippen LogP contribution in [0.2, 0.25) is 0 Å². The van der Waals surface area contributed by atoms with Crippen molar-refractivity contribution in [2.24, 2.45) is 5.14 Å². The molecule has 1 amide bonds. The molecule has 7 nitrogen and oxygen atoms in total. The summed E-state index contributed by atoms with van der Waals surface area (Å²) in [7, 11) is -3.79. The third-order valence-electron chi connectivity index (χ3n) is 6.70. The van der Waals surface area contributed by atoms with E-state index in [1.807, 2.05) is 0 Å². The zero-order valence-electron chi connectivity index (χ0n) is 21.6. The number of nitrogens with one attached hydrogen (secondary N) is 1. The molecule has 0 bridgehead atoms. The number of nitrogens with two attached hydrogens (primary N) is 1. The van der Waals surface area contributed by atoms with Gasteiger partial charge in [-0.3, -0.25) is 4.79 Å². The van der Waals surface area contributed by atoms with E-state index >= 15 is 0 Å². The van der Waals surface area contributed by atoms with Gasteiger partial charge in [0.15, 0.2) is 0 Å². The van der Waals surface area contributed by atoms with Gasteiger partial charge in [0, 0.05) is 36.6 Å². The molecule has 1 aliphatic heterocycles. The van der Waals surface area contributed by atoms with Crippen molar-refractivity contribution in [3.05, 3.63) is 87.5 Å². The van der Waals surface area contributed by atoms with E-state index in [1.165, 1.54) is 63.5 Å². The van der Waals surface area contributed by atoms with Crippen molar-refractivity contribution < 1.29 is 13.2 Å². The Labute approximate surface area is 214 Å². The third kappa shape index (κ3) is 5.39. The molecule has 1 aliphatic rings. The molecule has 36 heavy (non-hydrogen) atoms. The molecule has 8 heteroatoms. The Morgan fingerprint density at radius 3 is 1.78 bits per heavy atom. The van der Waals surface area contributed by atoms with E-state index in [1.54, 1.807) is 0 Å². The number of carbonyl (C=O) groups excluding carboxylic acids is 1. The zero-order valence-corrected chi connectivity index (χ0v) is 22.4. The predicted molar refractivity (Wildman–Crippen MR) is 145 cm³/mol. The number of carbonyl (C=O) groups is 1. The Hall–Kier alpha value is -3.36. The Kier molecular flexibility index (Phi) is 7.11. The van der Waals surface area contributed by atoms with Crippen LogP contribution in [0.5, 0.6) is 0 Å². The number of amides is 1. The third-order valence-corrected chi connectivity index (χ3v) is 7.63. The van der Waals surface area contributed by atoms with Gasteiger partial charge in [-0.15, -0.1) is 0 Å². The van der Waals surface area contributed by atoms with Gasteiger partial charge in [-0.2, -0.15) is 0 Å². The van der Waals surface area contributed by atoms with Gasteiger partial charge in [0.1, 0.15) is 0 Å². The summed E-state index contributed by atoms with van der Waals surface area (Å²) in [5.41, 5.74) is 10.2. The summed E-state index contributed by atoms with van der Waals surface area (Å²) in [5.74, 6) is -0.269. The van der Waals surface area contributed by atoms with Crippen molar-refractivity contribution in [1.82, 2.24) is 5.32 Å². The van der Waals surface area contributed by atoms with Gasteiger partial charge in [0.2, 0.25) is 10.0 Å². The van der Waals surface area contributed by atoms with Gasteiger partial charge in [0.05, 0.1) is 11.6 Å². The van der Waals surface area contributed by atoms with Crippen molar-refractivity contribution in [2.45, 2.75) is 46.1 Å². The first-order valence-electron chi connectivity index (χ1n) is 12.0. The van der Waals surface area contributed by atoms with Crippen LogP contribution in [-0.4, -0.2) is 34.1 Å². The van der Waals surface area contributed by atoms with Gasteiger partial charge in [-0.25, -0.2) is 13.6 Å². The minimum absolute atomic E-state index is 0.0194. The van der Waals surface area contributed by atoms with Gasteiger partial charge in [-0.05, 0) is 86.7 Å². The van der Waals surface area contributed by atoms with Crippen LogP contribution in [0.4, 0.5) is 11.4 Å². The van der Waals surface area contributed by atoms with Crippen LogP contribution >= 0.6 is 0 Å². The van der Waals surface area contributed by atoms with Crippen molar-refractivity contribution in [1.29, 1.82) is 0 Å². The van der Waals surface area contributed by atoms with E-state index < -0.39 is 10.0 Å². The molecule has 3 aromatic carbocycles. The minimum Gasteiger partial charge on any atom is -0.352 e. The number of rotatable bonds is 6. The molecule has 3 N–H and O–H groups in total. The fraction of sp³-hybridized carbons (Fsp3) is 0.321. The number of hydrogen-bond acceptors (Lipinski definition) is 5. The first-order chi connectivity index (χ1) is 16.9. The maximum Gasteiger partial charge on any atom is 0.251 e. The Morgan fingerprint density at radius 2 is 1.31 bits per heavy atom. The first kappa shape index (κ1) is 25.7. The highest BCUT2D eigenvalue weighted by Gasteiger charge is 2.25. The first-order valence-corrected chi connectivity index (χ1v) is 13.6. The Morgan fingerprint density at radius 1 is 0.833 bits per heavy atom. The van der Waals surface area contributed by atoms with Gasteiger partial charge in [0.25, 0.3) is 5.91 Å². The molecule has 1 heterocycles. The second-order valence-corrected chi connectivity index (χ2v) is 11.3. The zero-order chi connectivity index (χ0) is 26.2. The maximum absolute atomic E-state index is 12.6. The monoisotopic (exact) mass is 506 g/mol. The number of hydrogen-bond donors (Lipinski definition) is 2. The number of sulfonamides is 1. The van der Waals surface area contributed by atoms with Gasteiger partial charge >= 0.3 is 0 Å². The minimum atomic E-state index is -3.79. The van der Waals surface area contributed by atoms with Crippen molar-refractivity contribution in [3.63, 3.8) is 0 Å². The molecule has 1 fully saturated rings. The number of anilines is 2. The van der Waals surface area contributed by atoms with Gasteiger partial charge in [-0.1, -0.05) is 29.8 Å². The summed E-state index contributed by atoms with van der Waals surface area (Å²) in [4.78, 5) is 17.4. The fourth-order valence-corrected chi connectivity index (χ4v) is 5.87. The lowest BCUT2D eigenvalue weighted by Crippen LogP contribution is -2.27. The molecule has 1 saturated heterocycles. The quantitative estimate of drug-likeness (QED) is 0.525. The lowest BCUT2D eigenvalue weighted by Gasteiger charge is -2.27. The number of aryl methyl sites for hydroxylation is 5. The summed E-state index contributed by atoms with van der Waals surface area (Å²) in [6.45, 7) is 13.9. The summed E-state index contributed by atoms with van der Waals surface area (Å²) in [6, 6.07) is 14.3. The van der Waals surface area contributed by atoms with E-state index in [-0.39, 0.29) is 10.8 Å². The van der Waals surface area contributed by atoms with Crippen LogP contribution in [-0.2, 0) is 16.6 Å². The second kappa shape index (κ2) is 9.95. The van der Waals surface area contributed by atoms with Crippen molar-refractivity contribution in [2.75, 3.05) is 29.6 Å². The Balaban J connectivity index is 1.44. The number of nitrogens with zero attached hydrogens (tertiary/aromatic N) is 2. The van der Waals surface area contributed by atoms with Crippen LogP contribution in [0.3, 0.4) is 0 Å². The van der Waals surface area contributed by atoms with Crippen LogP contribution in [0.15, 0.2) is 53.4 Å². The van der Waals surface area contributed by atoms with Crippen molar-refractivity contribution in [3.8, 4) is 0 Å². The highest BCUT2D eigenvalue weighted by atomic mass is 32.2. The van der Waals surface area contributed by atoms with E-state index in [4.69, 9.17) is 5.14 Å². The Bertz CT molecular complexity index is 1370.